The first-order chi connectivity index (χ1) is 7.78. The van der Waals surface area contributed by atoms with Gasteiger partial charge in [0.05, 0.1) is 13.1 Å². The lowest BCUT2D eigenvalue weighted by Crippen LogP contribution is -2.43. The summed E-state index contributed by atoms with van der Waals surface area (Å²) in [7, 11) is 1.77. The summed E-state index contributed by atoms with van der Waals surface area (Å²) in [6.45, 7) is 6.91. The number of furan rings is 1. The SMILES string of the molecule is CN(Cc1ccc(Br)o1)C(=O)CNC(C)(C)C. The van der Waals surface area contributed by atoms with Crippen LogP contribution in [0.5, 0.6) is 0 Å². The van der Waals surface area contributed by atoms with Crippen LogP contribution in [0.25, 0.3) is 0 Å². The van der Waals surface area contributed by atoms with E-state index in [9.17, 15) is 4.79 Å². The molecule has 0 aliphatic rings. The van der Waals surface area contributed by atoms with Gasteiger partial charge in [0.2, 0.25) is 5.91 Å². The molecular formula is C12H19BrN2O2. The third kappa shape index (κ3) is 5.37. The van der Waals surface area contributed by atoms with Crippen LogP contribution in [-0.4, -0.2) is 29.9 Å². The summed E-state index contributed by atoms with van der Waals surface area (Å²) in [4.78, 5) is 13.5. The number of hydrogen-bond acceptors (Lipinski definition) is 3. The maximum absolute atomic E-state index is 11.8. The van der Waals surface area contributed by atoms with Gasteiger partial charge >= 0.3 is 0 Å². The van der Waals surface area contributed by atoms with Gasteiger partial charge in [-0.1, -0.05) is 0 Å². The molecule has 0 saturated carbocycles. The minimum absolute atomic E-state index is 0.0486. The second-order valence-corrected chi connectivity index (χ2v) is 5.84. The molecule has 0 aliphatic carbocycles. The Balaban J connectivity index is 2.42. The van der Waals surface area contributed by atoms with Crippen molar-refractivity contribution < 1.29 is 9.21 Å². The van der Waals surface area contributed by atoms with Crippen LogP contribution in [-0.2, 0) is 11.3 Å². The zero-order valence-electron chi connectivity index (χ0n) is 10.7. The van der Waals surface area contributed by atoms with Gasteiger partial charge in [-0.2, -0.15) is 0 Å². The molecule has 1 heterocycles. The molecule has 1 amide bonds. The first-order valence-corrected chi connectivity index (χ1v) is 6.30. The number of nitrogens with one attached hydrogen (secondary N) is 1. The van der Waals surface area contributed by atoms with E-state index in [1.807, 2.05) is 32.9 Å². The minimum atomic E-state index is -0.0514. The van der Waals surface area contributed by atoms with Crippen LogP contribution in [0.3, 0.4) is 0 Å². The van der Waals surface area contributed by atoms with Gasteiger partial charge in [0.15, 0.2) is 4.67 Å². The van der Waals surface area contributed by atoms with E-state index >= 15 is 0 Å². The first-order valence-electron chi connectivity index (χ1n) is 5.51. The zero-order chi connectivity index (χ0) is 13.1. The van der Waals surface area contributed by atoms with Crippen LogP contribution >= 0.6 is 15.9 Å². The van der Waals surface area contributed by atoms with E-state index in [-0.39, 0.29) is 11.4 Å². The van der Waals surface area contributed by atoms with Gasteiger partial charge in [0.1, 0.15) is 5.76 Å². The zero-order valence-corrected chi connectivity index (χ0v) is 12.3. The maximum Gasteiger partial charge on any atom is 0.236 e. The standard InChI is InChI=1S/C12H19BrN2O2/c1-12(2,3)14-7-11(16)15(4)8-9-5-6-10(13)17-9/h5-6,14H,7-8H2,1-4H3. The molecule has 1 aromatic rings. The number of nitrogens with zero attached hydrogens (tertiary/aromatic N) is 1. The van der Waals surface area contributed by atoms with Crippen LogP contribution in [0.1, 0.15) is 26.5 Å². The van der Waals surface area contributed by atoms with Crippen molar-refractivity contribution in [1.82, 2.24) is 10.2 Å². The van der Waals surface area contributed by atoms with Gasteiger partial charge in [-0.05, 0) is 48.8 Å². The van der Waals surface area contributed by atoms with Gasteiger partial charge in [0, 0.05) is 12.6 Å². The minimum Gasteiger partial charge on any atom is -0.452 e. The van der Waals surface area contributed by atoms with E-state index in [0.717, 1.165) is 5.76 Å². The van der Waals surface area contributed by atoms with Gasteiger partial charge in [0.25, 0.3) is 0 Å². The van der Waals surface area contributed by atoms with Crippen LogP contribution in [0, 0.1) is 0 Å². The average Bonchev–Trinajstić information content (AvgIpc) is 2.59. The van der Waals surface area contributed by atoms with Crippen molar-refractivity contribution in [3.05, 3.63) is 22.6 Å². The average molecular weight is 303 g/mol. The first kappa shape index (κ1) is 14.3. The van der Waals surface area contributed by atoms with E-state index in [2.05, 4.69) is 21.2 Å². The summed E-state index contributed by atoms with van der Waals surface area (Å²) in [6, 6.07) is 3.67. The van der Waals surface area contributed by atoms with Crippen LogP contribution in [0.15, 0.2) is 21.2 Å². The summed E-state index contributed by atoms with van der Waals surface area (Å²) in [5.74, 6) is 0.816. The van der Waals surface area contributed by atoms with E-state index in [0.29, 0.717) is 17.8 Å². The summed E-state index contributed by atoms with van der Waals surface area (Å²) in [6.07, 6.45) is 0. The predicted octanol–water partition coefficient (Wildman–Crippen LogP) is 2.39. The van der Waals surface area contributed by atoms with Crippen molar-refractivity contribution in [2.45, 2.75) is 32.9 Å². The van der Waals surface area contributed by atoms with Crippen LogP contribution in [0.2, 0.25) is 0 Å². The molecule has 0 radical (unpaired) electrons. The highest BCUT2D eigenvalue weighted by atomic mass is 79.9. The van der Waals surface area contributed by atoms with Gasteiger partial charge in [-0.3, -0.25) is 4.79 Å². The van der Waals surface area contributed by atoms with Crippen LogP contribution < -0.4 is 5.32 Å². The van der Waals surface area contributed by atoms with Crippen molar-refractivity contribution in [3.63, 3.8) is 0 Å². The lowest BCUT2D eigenvalue weighted by atomic mass is 10.1. The molecule has 1 rings (SSSR count). The Kier molecular flexibility index (Phi) is 4.77. The third-order valence-electron chi connectivity index (χ3n) is 2.22. The number of likely N-dealkylation sites (N-methyl/N-ethyl adjacent to an activating group) is 1. The highest BCUT2D eigenvalue weighted by molar-refractivity contribution is 9.10. The fraction of sp³-hybridized carbons (Fsp3) is 0.583. The molecule has 5 heteroatoms. The lowest BCUT2D eigenvalue weighted by Gasteiger charge is -2.22. The topological polar surface area (TPSA) is 45.5 Å². The van der Waals surface area contributed by atoms with Crippen molar-refractivity contribution >= 4 is 21.8 Å². The third-order valence-corrected chi connectivity index (χ3v) is 2.64. The van der Waals surface area contributed by atoms with E-state index < -0.39 is 0 Å². The quantitative estimate of drug-likeness (QED) is 0.929. The largest absolute Gasteiger partial charge is 0.452 e. The normalized spacial score (nSPS) is 11.6. The number of rotatable bonds is 4. The molecule has 0 unspecified atom stereocenters. The molecule has 0 saturated heterocycles. The van der Waals surface area contributed by atoms with Crippen molar-refractivity contribution in [1.29, 1.82) is 0 Å². The molecular weight excluding hydrogens is 284 g/mol. The fourth-order valence-corrected chi connectivity index (χ4v) is 1.57. The van der Waals surface area contributed by atoms with Crippen LogP contribution in [0.4, 0.5) is 0 Å². The molecule has 4 nitrogen and oxygen atoms in total. The summed E-state index contributed by atoms with van der Waals surface area (Å²) < 4.78 is 6.03. The van der Waals surface area contributed by atoms with Gasteiger partial charge in [-0.15, -0.1) is 0 Å². The predicted molar refractivity (Wildman–Crippen MR) is 70.6 cm³/mol. The molecule has 1 aromatic heterocycles. The highest BCUT2D eigenvalue weighted by Crippen LogP contribution is 2.15. The molecule has 0 bridgehead atoms. The Morgan fingerprint density at radius 1 is 1.47 bits per heavy atom. The molecule has 17 heavy (non-hydrogen) atoms. The van der Waals surface area contributed by atoms with E-state index in [4.69, 9.17) is 4.42 Å². The smallest absolute Gasteiger partial charge is 0.236 e. The van der Waals surface area contributed by atoms with Crippen molar-refractivity contribution in [2.75, 3.05) is 13.6 Å². The number of halogens is 1. The molecule has 1 N–H and O–H groups in total. The number of carbonyl (C=O) groups is 1. The second-order valence-electron chi connectivity index (χ2n) is 5.06. The van der Waals surface area contributed by atoms with Gasteiger partial charge < -0.3 is 14.6 Å². The molecule has 0 spiro atoms. The summed E-state index contributed by atoms with van der Waals surface area (Å²) >= 11 is 3.23. The highest BCUT2D eigenvalue weighted by Gasteiger charge is 2.15. The molecule has 96 valence electrons. The monoisotopic (exact) mass is 302 g/mol. The number of carbonyl (C=O) groups excluding carboxylic acids is 1. The van der Waals surface area contributed by atoms with Crippen molar-refractivity contribution in [3.8, 4) is 0 Å². The second kappa shape index (κ2) is 5.69. The summed E-state index contributed by atoms with van der Waals surface area (Å²) in [5, 5.41) is 3.16. The van der Waals surface area contributed by atoms with E-state index in [1.54, 1.807) is 11.9 Å². The molecule has 0 aliphatic heterocycles. The Hall–Kier alpha value is -0.810. The Morgan fingerprint density at radius 2 is 2.12 bits per heavy atom. The Bertz CT molecular complexity index is 382. The molecule has 0 aromatic carbocycles. The summed E-state index contributed by atoms with van der Waals surface area (Å²) in [5.41, 5.74) is -0.0514. The fourth-order valence-electron chi connectivity index (χ4n) is 1.23. The number of hydrogen-bond donors (Lipinski definition) is 1. The molecule has 0 fully saturated rings. The van der Waals surface area contributed by atoms with Crippen molar-refractivity contribution in [2.24, 2.45) is 0 Å². The maximum atomic E-state index is 11.8. The van der Waals surface area contributed by atoms with E-state index in [1.165, 1.54) is 0 Å². The Morgan fingerprint density at radius 3 is 2.59 bits per heavy atom. The Labute approximate surface area is 110 Å². The lowest BCUT2D eigenvalue weighted by molar-refractivity contribution is -0.130. The molecule has 0 atom stereocenters. The number of amides is 1. The van der Waals surface area contributed by atoms with Gasteiger partial charge in [-0.25, -0.2) is 0 Å².